The number of ether oxygens (including phenoxy) is 1. The molecule has 0 saturated carbocycles. The Bertz CT molecular complexity index is 226. The van der Waals surface area contributed by atoms with Crippen LogP contribution in [0, 0.1) is 5.41 Å². The molecule has 0 aromatic rings. The third-order valence-corrected chi connectivity index (χ3v) is 3.36. The van der Waals surface area contributed by atoms with Crippen molar-refractivity contribution in [3.8, 4) is 0 Å². The summed E-state index contributed by atoms with van der Waals surface area (Å²) < 4.78 is 5.32. The van der Waals surface area contributed by atoms with Gasteiger partial charge in [0.15, 0.2) is 0 Å². The summed E-state index contributed by atoms with van der Waals surface area (Å²) in [6, 6.07) is -0.122. The van der Waals surface area contributed by atoms with Crippen LogP contribution in [0.1, 0.15) is 52.9 Å². The van der Waals surface area contributed by atoms with Gasteiger partial charge in [-0.15, -0.1) is 0 Å². The molecular weight excluding hydrogens is 202 g/mol. The minimum Gasteiger partial charge on any atom is -0.465 e. The van der Waals surface area contributed by atoms with Gasteiger partial charge in [-0.2, -0.15) is 0 Å². The molecule has 1 N–H and O–H groups in total. The van der Waals surface area contributed by atoms with Gasteiger partial charge >= 0.3 is 5.97 Å². The van der Waals surface area contributed by atoms with E-state index >= 15 is 0 Å². The highest BCUT2D eigenvalue weighted by molar-refractivity contribution is 5.77. The van der Waals surface area contributed by atoms with Crippen LogP contribution in [0.25, 0.3) is 0 Å². The maximum absolute atomic E-state index is 11.9. The summed E-state index contributed by atoms with van der Waals surface area (Å²) in [6.45, 7) is 7.92. The van der Waals surface area contributed by atoms with Gasteiger partial charge in [-0.3, -0.25) is 4.79 Å². The summed E-state index contributed by atoms with van der Waals surface area (Å²) in [4.78, 5) is 11.9. The van der Waals surface area contributed by atoms with E-state index in [2.05, 4.69) is 26.1 Å². The molecule has 1 heterocycles. The zero-order valence-electron chi connectivity index (χ0n) is 10.8. The third kappa shape index (κ3) is 3.78. The number of carbonyl (C=O) groups is 1. The van der Waals surface area contributed by atoms with Crippen LogP contribution in [0.5, 0.6) is 0 Å². The second kappa shape index (κ2) is 6.24. The summed E-state index contributed by atoms with van der Waals surface area (Å²) >= 11 is 0. The van der Waals surface area contributed by atoms with E-state index in [0.29, 0.717) is 6.61 Å². The van der Waals surface area contributed by atoms with Crippen LogP contribution in [0.15, 0.2) is 0 Å². The van der Waals surface area contributed by atoms with Crippen molar-refractivity contribution in [1.82, 2.24) is 5.32 Å². The molecule has 94 valence electrons. The van der Waals surface area contributed by atoms with Crippen molar-refractivity contribution in [3.05, 3.63) is 0 Å². The first-order valence-electron chi connectivity index (χ1n) is 6.48. The highest BCUT2D eigenvalue weighted by Gasteiger charge is 2.38. The second-order valence-corrected chi connectivity index (χ2v) is 5.35. The zero-order chi connectivity index (χ0) is 12.0. The number of piperidine rings is 1. The Morgan fingerprint density at radius 3 is 2.81 bits per heavy atom. The molecule has 3 heteroatoms. The van der Waals surface area contributed by atoms with Gasteiger partial charge in [-0.1, -0.05) is 33.6 Å². The lowest BCUT2D eigenvalue weighted by Crippen LogP contribution is -2.52. The molecule has 1 aliphatic rings. The average molecular weight is 227 g/mol. The second-order valence-electron chi connectivity index (χ2n) is 5.35. The molecule has 0 bridgehead atoms. The van der Waals surface area contributed by atoms with Gasteiger partial charge in [0.25, 0.3) is 0 Å². The normalized spacial score (nSPS) is 24.1. The number of carbonyl (C=O) groups excluding carboxylic acids is 1. The summed E-state index contributed by atoms with van der Waals surface area (Å²) in [6.07, 6.45) is 5.51. The Balaban J connectivity index is 2.34. The molecule has 1 atom stereocenters. The van der Waals surface area contributed by atoms with Crippen molar-refractivity contribution >= 4 is 5.97 Å². The molecule has 1 aliphatic heterocycles. The minimum atomic E-state index is -0.122. The van der Waals surface area contributed by atoms with E-state index in [4.69, 9.17) is 4.74 Å². The SMILES string of the molecule is CCCCCOC(=O)C1NCCCC1(C)C. The summed E-state index contributed by atoms with van der Waals surface area (Å²) in [5.74, 6) is -0.0687. The molecule has 0 spiro atoms. The maximum atomic E-state index is 11.9. The Labute approximate surface area is 98.9 Å². The molecule has 0 radical (unpaired) electrons. The average Bonchev–Trinajstić information content (AvgIpc) is 2.23. The summed E-state index contributed by atoms with van der Waals surface area (Å²) in [7, 11) is 0. The van der Waals surface area contributed by atoms with Gasteiger partial charge < -0.3 is 10.1 Å². The zero-order valence-corrected chi connectivity index (χ0v) is 10.8. The van der Waals surface area contributed by atoms with Gasteiger partial charge in [-0.05, 0) is 31.2 Å². The van der Waals surface area contributed by atoms with Gasteiger partial charge in [0, 0.05) is 0 Å². The standard InChI is InChI=1S/C13H25NO2/c1-4-5-6-10-16-12(15)11-13(2,3)8-7-9-14-11/h11,14H,4-10H2,1-3H3. The number of hydrogen-bond donors (Lipinski definition) is 1. The molecule has 0 aromatic carbocycles. The first-order valence-corrected chi connectivity index (χ1v) is 6.48. The predicted octanol–water partition coefficient (Wildman–Crippen LogP) is 2.50. The maximum Gasteiger partial charge on any atom is 0.323 e. The molecule has 0 amide bonds. The molecule has 1 unspecified atom stereocenters. The van der Waals surface area contributed by atoms with Crippen LogP contribution in [0.3, 0.4) is 0 Å². The monoisotopic (exact) mass is 227 g/mol. The molecule has 16 heavy (non-hydrogen) atoms. The van der Waals surface area contributed by atoms with Crippen LogP contribution >= 0.6 is 0 Å². The fraction of sp³-hybridized carbons (Fsp3) is 0.923. The van der Waals surface area contributed by atoms with Crippen LogP contribution in [0.2, 0.25) is 0 Å². The Hall–Kier alpha value is -0.570. The highest BCUT2D eigenvalue weighted by atomic mass is 16.5. The van der Waals surface area contributed by atoms with Crippen LogP contribution in [-0.4, -0.2) is 25.2 Å². The molecule has 0 aliphatic carbocycles. The van der Waals surface area contributed by atoms with Crippen molar-refractivity contribution < 1.29 is 9.53 Å². The number of hydrogen-bond acceptors (Lipinski definition) is 3. The third-order valence-electron chi connectivity index (χ3n) is 3.36. The van der Waals surface area contributed by atoms with Crippen molar-refractivity contribution in [2.24, 2.45) is 5.41 Å². The van der Waals surface area contributed by atoms with E-state index in [9.17, 15) is 4.79 Å². The van der Waals surface area contributed by atoms with Gasteiger partial charge in [-0.25, -0.2) is 0 Å². The quantitative estimate of drug-likeness (QED) is 0.579. The molecule has 1 saturated heterocycles. The fourth-order valence-corrected chi connectivity index (χ4v) is 2.22. The largest absolute Gasteiger partial charge is 0.465 e. The van der Waals surface area contributed by atoms with E-state index in [-0.39, 0.29) is 17.4 Å². The van der Waals surface area contributed by atoms with E-state index in [1.54, 1.807) is 0 Å². The van der Waals surface area contributed by atoms with Gasteiger partial charge in [0.05, 0.1) is 6.61 Å². The molecule has 1 fully saturated rings. The summed E-state index contributed by atoms with van der Waals surface area (Å²) in [5.41, 5.74) is 0.0279. The minimum absolute atomic E-state index is 0.0279. The molecule has 0 aromatic heterocycles. The van der Waals surface area contributed by atoms with Gasteiger partial charge in [0.1, 0.15) is 6.04 Å². The van der Waals surface area contributed by atoms with Crippen molar-refractivity contribution in [2.75, 3.05) is 13.2 Å². The van der Waals surface area contributed by atoms with E-state index in [1.165, 1.54) is 0 Å². The van der Waals surface area contributed by atoms with Gasteiger partial charge in [0.2, 0.25) is 0 Å². The summed E-state index contributed by atoms with van der Waals surface area (Å²) in [5, 5.41) is 3.28. The lowest BCUT2D eigenvalue weighted by molar-refractivity contribution is -0.150. The lowest BCUT2D eigenvalue weighted by atomic mass is 9.77. The Morgan fingerprint density at radius 2 is 2.19 bits per heavy atom. The van der Waals surface area contributed by atoms with E-state index in [0.717, 1.165) is 38.6 Å². The topological polar surface area (TPSA) is 38.3 Å². The predicted molar refractivity (Wildman–Crippen MR) is 65.3 cm³/mol. The Kier molecular flexibility index (Phi) is 5.26. The van der Waals surface area contributed by atoms with E-state index < -0.39 is 0 Å². The molecular formula is C13H25NO2. The van der Waals surface area contributed by atoms with E-state index in [1.807, 2.05) is 0 Å². The number of esters is 1. The van der Waals surface area contributed by atoms with Crippen LogP contribution in [-0.2, 0) is 9.53 Å². The first kappa shape index (κ1) is 13.5. The van der Waals surface area contributed by atoms with Crippen LogP contribution < -0.4 is 5.32 Å². The van der Waals surface area contributed by atoms with Crippen LogP contribution in [0.4, 0.5) is 0 Å². The smallest absolute Gasteiger partial charge is 0.323 e. The van der Waals surface area contributed by atoms with Crippen molar-refractivity contribution in [3.63, 3.8) is 0 Å². The Morgan fingerprint density at radius 1 is 1.44 bits per heavy atom. The fourth-order valence-electron chi connectivity index (χ4n) is 2.22. The molecule has 1 rings (SSSR count). The highest BCUT2D eigenvalue weighted by Crippen LogP contribution is 2.30. The number of unbranched alkanes of at least 4 members (excludes halogenated alkanes) is 2. The lowest BCUT2D eigenvalue weighted by Gasteiger charge is -2.37. The number of nitrogens with one attached hydrogen (secondary N) is 1. The van der Waals surface area contributed by atoms with Crippen molar-refractivity contribution in [1.29, 1.82) is 0 Å². The van der Waals surface area contributed by atoms with Crippen molar-refractivity contribution in [2.45, 2.75) is 58.9 Å². The first-order chi connectivity index (χ1) is 7.58. The molecule has 3 nitrogen and oxygen atoms in total. The number of rotatable bonds is 5.